The van der Waals surface area contributed by atoms with Gasteiger partial charge in [-0.3, -0.25) is 13.8 Å². The molecule has 166 valence electrons. The van der Waals surface area contributed by atoms with Crippen molar-refractivity contribution >= 4 is 16.6 Å². The van der Waals surface area contributed by atoms with Crippen LogP contribution in [0.5, 0.6) is 0 Å². The molecule has 0 saturated carbocycles. The molecule has 1 aliphatic rings. The predicted octanol–water partition coefficient (Wildman–Crippen LogP) is 4.13. The lowest BCUT2D eigenvalue weighted by molar-refractivity contribution is -0.0447. The van der Waals surface area contributed by atoms with Crippen LogP contribution in [0.2, 0.25) is 0 Å². The van der Waals surface area contributed by atoms with Gasteiger partial charge in [0.15, 0.2) is 0 Å². The zero-order chi connectivity index (χ0) is 22.7. The third kappa shape index (κ3) is 2.91. The lowest BCUT2D eigenvalue weighted by atomic mass is 10.1. The highest BCUT2D eigenvalue weighted by Crippen LogP contribution is 2.33. The van der Waals surface area contributed by atoms with Gasteiger partial charge in [0.25, 0.3) is 11.4 Å². The maximum absolute atomic E-state index is 14.2. The molecule has 1 fully saturated rings. The van der Waals surface area contributed by atoms with Crippen LogP contribution in [-0.2, 0) is 10.5 Å². The number of imidazole rings is 1. The van der Waals surface area contributed by atoms with Crippen LogP contribution in [0, 0.1) is 11.6 Å². The molecule has 1 atom stereocenters. The molecule has 1 unspecified atom stereocenters. The second-order valence-corrected chi connectivity index (χ2v) is 8.12. The van der Waals surface area contributed by atoms with Gasteiger partial charge in [0, 0.05) is 12.7 Å². The third-order valence-electron chi connectivity index (χ3n) is 6.03. The normalized spacial score (nSPS) is 18.5. The van der Waals surface area contributed by atoms with Crippen LogP contribution < -0.4 is 5.56 Å². The van der Waals surface area contributed by atoms with E-state index in [0.29, 0.717) is 18.5 Å². The monoisotopic (exact) mass is 449 g/mol. The van der Waals surface area contributed by atoms with Crippen molar-refractivity contribution in [2.45, 2.75) is 25.5 Å². The molecule has 1 aliphatic heterocycles. The molecule has 0 N–H and O–H groups in total. The van der Waals surface area contributed by atoms with Gasteiger partial charge in [0.1, 0.15) is 34.9 Å². The van der Waals surface area contributed by atoms with Crippen LogP contribution >= 0.6 is 0 Å². The van der Waals surface area contributed by atoms with Crippen LogP contribution in [0.25, 0.3) is 39.5 Å². The van der Waals surface area contributed by atoms with E-state index >= 15 is 0 Å². The maximum Gasteiger partial charge on any atom is 0.280 e. The first-order valence-electron chi connectivity index (χ1n) is 10.4. The molecular weight excluding hydrogens is 432 g/mol. The SMILES string of the molecule is CC1(n2c(=O)c3c(-c4noc(-c5ccc(F)cc5F)n4)ncn3c3ccccc32)CCCO1. The molecule has 3 aromatic heterocycles. The number of fused-ring (bicyclic) bond motifs is 3. The van der Waals surface area contributed by atoms with Gasteiger partial charge in [-0.1, -0.05) is 17.3 Å². The quantitative estimate of drug-likeness (QED) is 0.412. The molecule has 10 heteroatoms. The first-order chi connectivity index (χ1) is 16.0. The van der Waals surface area contributed by atoms with Gasteiger partial charge in [-0.15, -0.1) is 0 Å². The highest BCUT2D eigenvalue weighted by atomic mass is 19.1. The second kappa shape index (κ2) is 7.04. The molecule has 6 rings (SSSR count). The lowest BCUT2D eigenvalue weighted by Gasteiger charge is -2.28. The van der Waals surface area contributed by atoms with Gasteiger partial charge >= 0.3 is 0 Å². The molecule has 0 radical (unpaired) electrons. The fourth-order valence-electron chi connectivity index (χ4n) is 4.47. The summed E-state index contributed by atoms with van der Waals surface area (Å²) in [6.45, 7) is 2.45. The summed E-state index contributed by atoms with van der Waals surface area (Å²) in [5.41, 5.74) is 0.746. The summed E-state index contributed by atoms with van der Waals surface area (Å²) in [5, 5.41) is 3.91. The Balaban J connectivity index is 1.60. The third-order valence-corrected chi connectivity index (χ3v) is 6.03. The van der Waals surface area contributed by atoms with E-state index in [4.69, 9.17) is 9.26 Å². The van der Waals surface area contributed by atoms with Gasteiger partial charge in [-0.2, -0.15) is 4.98 Å². The minimum Gasteiger partial charge on any atom is -0.355 e. The van der Waals surface area contributed by atoms with Crippen LogP contribution in [0.3, 0.4) is 0 Å². The average molecular weight is 449 g/mol. The maximum atomic E-state index is 14.2. The van der Waals surface area contributed by atoms with Crippen molar-refractivity contribution in [2.24, 2.45) is 0 Å². The average Bonchev–Trinajstić information content (AvgIpc) is 3.53. The first-order valence-corrected chi connectivity index (χ1v) is 10.4. The minimum absolute atomic E-state index is 0.0210. The number of aromatic nitrogens is 5. The fourth-order valence-corrected chi connectivity index (χ4v) is 4.47. The van der Waals surface area contributed by atoms with E-state index < -0.39 is 17.4 Å². The van der Waals surface area contributed by atoms with E-state index in [-0.39, 0.29) is 34.0 Å². The molecule has 8 nitrogen and oxygen atoms in total. The Morgan fingerprint density at radius 2 is 1.94 bits per heavy atom. The number of ether oxygens (including phenoxy) is 1. The van der Waals surface area contributed by atoms with Crippen LogP contribution in [0.15, 0.2) is 58.1 Å². The van der Waals surface area contributed by atoms with Crippen LogP contribution in [-0.4, -0.2) is 30.7 Å². The number of halogens is 2. The van der Waals surface area contributed by atoms with E-state index in [1.165, 1.54) is 12.4 Å². The van der Waals surface area contributed by atoms with Crippen LogP contribution in [0.4, 0.5) is 8.78 Å². The number of para-hydroxylation sites is 2. The first kappa shape index (κ1) is 19.7. The molecule has 0 amide bonds. The van der Waals surface area contributed by atoms with Gasteiger partial charge in [-0.25, -0.2) is 13.8 Å². The topological polar surface area (TPSA) is 87.5 Å². The Bertz CT molecular complexity index is 1600. The summed E-state index contributed by atoms with van der Waals surface area (Å²) >= 11 is 0. The summed E-state index contributed by atoms with van der Waals surface area (Å²) < 4.78 is 42.0. The van der Waals surface area contributed by atoms with E-state index in [1.807, 2.05) is 31.2 Å². The summed E-state index contributed by atoms with van der Waals surface area (Å²) in [6, 6.07) is 10.5. The van der Waals surface area contributed by atoms with Crippen molar-refractivity contribution in [3.05, 3.63) is 70.8 Å². The molecule has 5 aromatic rings. The summed E-state index contributed by atoms with van der Waals surface area (Å²) in [4.78, 5) is 22.4. The Kier molecular flexibility index (Phi) is 4.21. The second-order valence-electron chi connectivity index (χ2n) is 8.12. The van der Waals surface area contributed by atoms with E-state index in [2.05, 4.69) is 15.1 Å². The van der Waals surface area contributed by atoms with Crippen molar-refractivity contribution in [1.29, 1.82) is 0 Å². The Morgan fingerprint density at radius 3 is 2.70 bits per heavy atom. The largest absolute Gasteiger partial charge is 0.355 e. The van der Waals surface area contributed by atoms with Gasteiger partial charge in [-0.05, 0) is 44.0 Å². The number of hydrogen-bond donors (Lipinski definition) is 0. The van der Waals surface area contributed by atoms with E-state index in [1.54, 1.807) is 8.97 Å². The van der Waals surface area contributed by atoms with Gasteiger partial charge < -0.3 is 9.26 Å². The highest BCUT2D eigenvalue weighted by Gasteiger charge is 2.35. The van der Waals surface area contributed by atoms with Crippen molar-refractivity contribution in [2.75, 3.05) is 6.61 Å². The van der Waals surface area contributed by atoms with Crippen LogP contribution in [0.1, 0.15) is 19.8 Å². The zero-order valence-electron chi connectivity index (χ0n) is 17.5. The molecule has 0 aliphatic carbocycles. The molecule has 0 spiro atoms. The van der Waals surface area contributed by atoms with Crippen molar-refractivity contribution in [3.63, 3.8) is 0 Å². The zero-order valence-corrected chi connectivity index (χ0v) is 17.5. The molecular formula is C23H17F2N5O3. The lowest BCUT2D eigenvalue weighted by Crippen LogP contribution is -2.39. The molecule has 33 heavy (non-hydrogen) atoms. The fraction of sp³-hybridized carbons (Fsp3) is 0.217. The summed E-state index contributed by atoms with van der Waals surface area (Å²) in [5.74, 6) is -1.67. The highest BCUT2D eigenvalue weighted by molar-refractivity contribution is 5.84. The van der Waals surface area contributed by atoms with E-state index in [0.717, 1.165) is 24.1 Å². The predicted molar refractivity (Wildman–Crippen MR) is 114 cm³/mol. The molecule has 4 heterocycles. The van der Waals surface area contributed by atoms with E-state index in [9.17, 15) is 13.6 Å². The molecule has 2 aromatic carbocycles. The minimum atomic E-state index is -0.834. The van der Waals surface area contributed by atoms with Crippen molar-refractivity contribution < 1.29 is 18.0 Å². The Labute approximate surface area is 185 Å². The van der Waals surface area contributed by atoms with Gasteiger partial charge in [0.05, 0.1) is 16.6 Å². The molecule has 0 bridgehead atoms. The Morgan fingerprint density at radius 1 is 1.12 bits per heavy atom. The van der Waals surface area contributed by atoms with Crippen molar-refractivity contribution in [1.82, 2.24) is 24.1 Å². The van der Waals surface area contributed by atoms with Crippen molar-refractivity contribution in [3.8, 4) is 23.0 Å². The Hall–Kier alpha value is -3.92. The number of rotatable bonds is 3. The smallest absolute Gasteiger partial charge is 0.280 e. The number of nitrogens with zero attached hydrogens (tertiary/aromatic N) is 5. The number of hydrogen-bond acceptors (Lipinski definition) is 6. The number of benzene rings is 2. The summed E-state index contributed by atoms with van der Waals surface area (Å²) in [7, 11) is 0. The van der Waals surface area contributed by atoms with Gasteiger partial charge in [0.2, 0.25) is 5.82 Å². The standard InChI is InChI=1S/C23H17F2N5O3/c1-23(9-4-10-32-23)30-17-6-3-2-5-16(17)29-12-26-18(19(29)22(30)31)20-27-21(33-28-20)14-8-7-13(24)11-15(14)25/h2-3,5-8,11-12H,4,9-10H2,1H3. The molecule has 1 saturated heterocycles. The summed E-state index contributed by atoms with van der Waals surface area (Å²) in [6.07, 6.45) is 3.05.